The number of benzene rings is 1. The zero-order chi connectivity index (χ0) is 12.5. The number of nitrogens with one attached hydrogen (secondary N) is 1. The van der Waals surface area contributed by atoms with E-state index >= 15 is 0 Å². The van der Waals surface area contributed by atoms with E-state index in [0.29, 0.717) is 17.9 Å². The van der Waals surface area contributed by atoms with Gasteiger partial charge in [-0.25, -0.2) is 0 Å². The van der Waals surface area contributed by atoms with Crippen LogP contribution in [0.3, 0.4) is 0 Å². The fourth-order valence-electron chi connectivity index (χ4n) is 2.54. The van der Waals surface area contributed by atoms with E-state index in [2.05, 4.69) is 5.32 Å². The molecule has 1 atom stereocenters. The van der Waals surface area contributed by atoms with Gasteiger partial charge in [-0.05, 0) is 43.1 Å². The Balaban J connectivity index is 1.63. The van der Waals surface area contributed by atoms with E-state index in [9.17, 15) is 4.79 Å². The molecule has 3 rings (SSSR count). The summed E-state index contributed by atoms with van der Waals surface area (Å²) in [5, 5.41) is 2.60. The van der Waals surface area contributed by atoms with Crippen molar-refractivity contribution < 1.29 is 4.79 Å². The Hall–Kier alpha value is -1.02. The number of alkyl halides is 1. The molecule has 0 aromatic heterocycles. The minimum Gasteiger partial charge on any atom is -0.351 e. The highest BCUT2D eigenvalue weighted by atomic mass is 35.5. The third-order valence-electron chi connectivity index (χ3n) is 3.89. The van der Waals surface area contributed by atoms with Crippen LogP contribution in [-0.4, -0.2) is 11.9 Å². The smallest absolute Gasteiger partial charge is 0.242 e. The highest BCUT2D eigenvalue weighted by molar-refractivity contribution is 6.30. The molecule has 1 unspecified atom stereocenters. The highest BCUT2D eigenvalue weighted by Gasteiger charge is 2.42. The summed E-state index contributed by atoms with van der Waals surface area (Å²) in [6, 6.07) is 9.94. The molecule has 2 aliphatic carbocycles. The lowest BCUT2D eigenvalue weighted by molar-refractivity contribution is -0.121. The number of amides is 1. The average molecular weight is 264 g/mol. The van der Waals surface area contributed by atoms with Gasteiger partial charge in [0.2, 0.25) is 5.91 Å². The van der Waals surface area contributed by atoms with Crippen molar-refractivity contribution in [3.8, 4) is 0 Å². The minimum absolute atomic E-state index is 0.0355. The lowest BCUT2D eigenvalue weighted by Crippen LogP contribution is -2.39. The predicted molar refractivity (Wildman–Crippen MR) is 72.4 cm³/mol. The molecule has 0 saturated heterocycles. The van der Waals surface area contributed by atoms with Crippen molar-refractivity contribution in [2.24, 2.45) is 11.8 Å². The van der Waals surface area contributed by atoms with Crippen molar-refractivity contribution in [3.05, 3.63) is 35.9 Å². The summed E-state index contributed by atoms with van der Waals surface area (Å²) in [7, 11) is 0. The number of carbonyl (C=O) groups excluding carboxylic acids is 1. The topological polar surface area (TPSA) is 29.1 Å². The zero-order valence-electron chi connectivity index (χ0n) is 10.3. The Morgan fingerprint density at radius 3 is 2.17 bits per heavy atom. The first kappa shape index (κ1) is 12.0. The van der Waals surface area contributed by atoms with Crippen molar-refractivity contribution >= 4 is 17.5 Å². The molecule has 0 radical (unpaired) electrons. The molecule has 2 nitrogen and oxygen atoms in total. The van der Waals surface area contributed by atoms with Gasteiger partial charge < -0.3 is 5.32 Å². The Kier molecular flexibility index (Phi) is 3.29. The average Bonchev–Trinajstić information content (AvgIpc) is 3.29. The van der Waals surface area contributed by atoms with Crippen molar-refractivity contribution in [1.29, 1.82) is 0 Å². The van der Waals surface area contributed by atoms with Crippen LogP contribution in [0.25, 0.3) is 0 Å². The Morgan fingerprint density at radius 1 is 1.11 bits per heavy atom. The van der Waals surface area contributed by atoms with Gasteiger partial charge in [-0.15, -0.1) is 11.6 Å². The van der Waals surface area contributed by atoms with E-state index in [0.717, 1.165) is 5.56 Å². The summed E-state index contributed by atoms with van der Waals surface area (Å²) in [5.41, 5.74) is 0.877. The fraction of sp³-hybridized carbons (Fsp3) is 0.533. The van der Waals surface area contributed by atoms with E-state index in [4.69, 9.17) is 11.6 Å². The normalized spacial score (nSPS) is 20.8. The van der Waals surface area contributed by atoms with E-state index in [1.165, 1.54) is 25.7 Å². The molecule has 1 N–H and O–H groups in total. The molecular weight excluding hydrogens is 246 g/mol. The maximum Gasteiger partial charge on any atom is 0.242 e. The maximum absolute atomic E-state index is 12.2. The van der Waals surface area contributed by atoms with Gasteiger partial charge in [-0.1, -0.05) is 30.3 Å². The third kappa shape index (κ3) is 2.69. The minimum atomic E-state index is -0.564. The van der Waals surface area contributed by atoms with Gasteiger partial charge in [-0.3, -0.25) is 4.79 Å². The van der Waals surface area contributed by atoms with Crippen LogP contribution < -0.4 is 5.32 Å². The monoisotopic (exact) mass is 263 g/mol. The molecule has 1 aromatic carbocycles. The van der Waals surface area contributed by atoms with Crippen molar-refractivity contribution in [2.45, 2.75) is 37.1 Å². The van der Waals surface area contributed by atoms with Crippen molar-refractivity contribution in [2.75, 3.05) is 0 Å². The van der Waals surface area contributed by atoms with Crippen LogP contribution in [0, 0.1) is 11.8 Å². The number of rotatable bonds is 5. The van der Waals surface area contributed by atoms with Gasteiger partial charge >= 0.3 is 0 Å². The van der Waals surface area contributed by atoms with Gasteiger partial charge in [0.15, 0.2) is 0 Å². The molecule has 96 valence electrons. The standard InChI is InChI=1S/C15H18ClNO/c16-13(10-4-2-1-3-5-10)15(18)17-14(11-6-7-11)12-8-9-12/h1-5,11-14H,6-9H2,(H,17,18). The second-order valence-electron chi connectivity index (χ2n) is 5.48. The van der Waals surface area contributed by atoms with Crippen LogP contribution in [0.1, 0.15) is 36.6 Å². The van der Waals surface area contributed by atoms with Crippen LogP contribution in [0.5, 0.6) is 0 Å². The summed E-state index contributed by atoms with van der Waals surface area (Å²) in [6.07, 6.45) is 5.05. The first-order chi connectivity index (χ1) is 8.75. The van der Waals surface area contributed by atoms with Gasteiger partial charge in [0.25, 0.3) is 0 Å². The lowest BCUT2D eigenvalue weighted by Gasteiger charge is -2.19. The van der Waals surface area contributed by atoms with E-state index < -0.39 is 5.38 Å². The first-order valence-corrected chi connectivity index (χ1v) is 7.19. The molecule has 0 aliphatic heterocycles. The summed E-state index contributed by atoms with van der Waals surface area (Å²) in [6.45, 7) is 0. The Bertz CT molecular complexity index is 413. The summed E-state index contributed by atoms with van der Waals surface area (Å²) < 4.78 is 0. The zero-order valence-corrected chi connectivity index (χ0v) is 11.1. The number of hydrogen-bond donors (Lipinski definition) is 1. The molecular formula is C15H18ClNO. The summed E-state index contributed by atoms with van der Waals surface area (Å²) >= 11 is 6.24. The van der Waals surface area contributed by atoms with Gasteiger partial charge in [0.05, 0.1) is 0 Å². The molecule has 2 aliphatic rings. The molecule has 2 saturated carbocycles. The summed E-state index contributed by atoms with van der Waals surface area (Å²) in [4.78, 5) is 12.2. The van der Waals surface area contributed by atoms with Crippen LogP contribution >= 0.6 is 11.6 Å². The van der Waals surface area contributed by atoms with Crippen LogP contribution in [0.2, 0.25) is 0 Å². The van der Waals surface area contributed by atoms with E-state index in [1.54, 1.807) is 0 Å². The predicted octanol–water partition coefficient (Wildman–Crippen LogP) is 3.27. The molecule has 2 fully saturated rings. The number of carbonyl (C=O) groups is 1. The lowest BCUT2D eigenvalue weighted by atomic mass is 10.1. The van der Waals surface area contributed by atoms with Crippen molar-refractivity contribution in [1.82, 2.24) is 5.32 Å². The third-order valence-corrected chi connectivity index (χ3v) is 4.34. The molecule has 1 amide bonds. The molecule has 0 spiro atoms. The number of hydrogen-bond acceptors (Lipinski definition) is 1. The largest absolute Gasteiger partial charge is 0.351 e. The quantitative estimate of drug-likeness (QED) is 0.812. The first-order valence-electron chi connectivity index (χ1n) is 6.75. The van der Waals surface area contributed by atoms with Crippen molar-refractivity contribution in [3.63, 3.8) is 0 Å². The van der Waals surface area contributed by atoms with E-state index in [-0.39, 0.29) is 5.91 Å². The molecule has 1 aromatic rings. The SMILES string of the molecule is O=C(NC(C1CC1)C1CC1)C(Cl)c1ccccc1. The number of halogens is 1. The van der Waals surface area contributed by atoms with Gasteiger partial charge in [0.1, 0.15) is 5.38 Å². The molecule has 18 heavy (non-hydrogen) atoms. The maximum atomic E-state index is 12.2. The fourth-order valence-corrected chi connectivity index (χ4v) is 2.75. The summed E-state index contributed by atoms with van der Waals surface area (Å²) in [5.74, 6) is 1.38. The van der Waals surface area contributed by atoms with Crippen LogP contribution in [-0.2, 0) is 4.79 Å². The van der Waals surface area contributed by atoms with Crippen LogP contribution in [0.15, 0.2) is 30.3 Å². The van der Waals surface area contributed by atoms with E-state index in [1.807, 2.05) is 30.3 Å². The Morgan fingerprint density at radius 2 is 1.67 bits per heavy atom. The Labute approximate surface area is 113 Å². The molecule has 0 bridgehead atoms. The van der Waals surface area contributed by atoms with Gasteiger partial charge in [0, 0.05) is 6.04 Å². The van der Waals surface area contributed by atoms with Gasteiger partial charge in [-0.2, -0.15) is 0 Å². The second kappa shape index (κ2) is 4.93. The molecule has 0 heterocycles. The van der Waals surface area contributed by atoms with Crippen LogP contribution in [0.4, 0.5) is 0 Å². The highest BCUT2D eigenvalue weighted by Crippen LogP contribution is 2.44. The second-order valence-corrected chi connectivity index (χ2v) is 5.92. The molecule has 3 heteroatoms.